The van der Waals surface area contributed by atoms with Crippen LogP contribution in [0.25, 0.3) is 0 Å². The number of halogens is 2. The van der Waals surface area contributed by atoms with Crippen LogP contribution in [0.1, 0.15) is 82.6 Å². The van der Waals surface area contributed by atoms with Gasteiger partial charge in [0.2, 0.25) is 5.82 Å². The molecule has 1 aromatic rings. The normalized spacial score (nSPS) is 26.5. The van der Waals surface area contributed by atoms with E-state index in [0.717, 1.165) is 50.9 Å². The van der Waals surface area contributed by atoms with Gasteiger partial charge in [-0.15, -0.1) is 6.58 Å². The Morgan fingerprint density at radius 2 is 1.90 bits per heavy atom. The molecule has 2 unspecified atom stereocenters. The standard InChI is InChI=1S/C26H38F2O3/c1-3-5-7-19-8-11-21(12-9-19)31-18-22-13-10-20(17-30-22)23-14-15-24(26(28)25(23)27)29-16-6-4-2/h3,14-15,19-22H,1,4-13,16-18H2,2H3. The van der Waals surface area contributed by atoms with Gasteiger partial charge in [0.1, 0.15) is 0 Å². The Morgan fingerprint density at radius 3 is 2.58 bits per heavy atom. The van der Waals surface area contributed by atoms with Crippen LogP contribution in [0.2, 0.25) is 0 Å². The van der Waals surface area contributed by atoms with E-state index in [-0.39, 0.29) is 17.8 Å². The first-order valence-corrected chi connectivity index (χ1v) is 12.1. The lowest BCUT2D eigenvalue weighted by Crippen LogP contribution is -2.32. The Hall–Kier alpha value is -1.46. The summed E-state index contributed by atoms with van der Waals surface area (Å²) < 4.78 is 46.4. The molecule has 0 spiro atoms. The summed E-state index contributed by atoms with van der Waals surface area (Å²) in [6.07, 6.45) is 12.8. The van der Waals surface area contributed by atoms with Crippen LogP contribution in [-0.4, -0.2) is 32.0 Å². The van der Waals surface area contributed by atoms with Crippen LogP contribution in [0.3, 0.4) is 0 Å². The maximum atomic E-state index is 14.6. The quantitative estimate of drug-likeness (QED) is 0.277. The molecule has 2 fully saturated rings. The molecule has 3 nitrogen and oxygen atoms in total. The molecule has 1 aliphatic carbocycles. The van der Waals surface area contributed by atoms with Crippen molar-refractivity contribution in [3.8, 4) is 5.75 Å². The van der Waals surface area contributed by atoms with Gasteiger partial charge in [0.05, 0.1) is 32.0 Å². The predicted octanol–water partition coefficient (Wildman–Crippen LogP) is 6.95. The summed E-state index contributed by atoms with van der Waals surface area (Å²) in [6.45, 7) is 7.23. The zero-order chi connectivity index (χ0) is 22.1. The Balaban J connectivity index is 1.41. The van der Waals surface area contributed by atoms with Crippen molar-refractivity contribution in [2.75, 3.05) is 19.8 Å². The molecule has 1 aliphatic heterocycles. The largest absolute Gasteiger partial charge is 0.490 e. The van der Waals surface area contributed by atoms with E-state index in [4.69, 9.17) is 14.2 Å². The highest BCUT2D eigenvalue weighted by molar-refractivity contribution is 5.33. The number of allylic oxidation sites excluding steroid dienone is 1. The molecule has 174 valence electrons. The number of ether oxygens (including phenoxy) is 3. The summed E-state index contributed by atoms with van der Waals surface area (Å²) in [7, 11) is 0. The van der Waals surface area contributed by atoms with Gasteiger partial charge >= 0.3 is 0 Å². The van der Waals surface area contributed by atoms with E-state index < -0.39 is 11.6 Å². The van der Waals surface area contributed by atoms with Crippen molar-refractivity contribution in [2.45, 2.75) is 89.3 Å². The van der Waals surface area contributed by atoms with Crippen LogP contribution in [-0.2, 0) is 9.47 Å². The fourth-order valence-electron chi connectivity index (χ4n) is 4.67. The average molecular weight is 437 g/mol. The number of rotatable bonds is 11. The molecule has 1 saturated heterocycles. The van der Waals surface area contributed by atoms with Crippen molar-refractivity contribution in [1.29, 1.82) is 0 Å². The molecular formula is C26H38F2O3. The van der Waals surface area contributed by atoms with Crippen molar-refractivity contribution in [3.63, 3.8) is 0 Å². The molecule has 0 bridgehead atoms. The molecule has 0 amide bonds. The van der Waals surface area contributed by atoms with Crippen molar-refractivity contribution in [3.05, 3.63) is 42.0 Å². The maximum absolute atomic E-state index is 14.6. The van der Waals surface area contributed by atoms with E-state index in [1.165, 1.54) is 19.3 Å². The third-order valence-corrected chi connectivity index (χ3v) is 6.73. The van der Waals surface area contributed by atoms with E-state index in [1.54, 1.807) is 12.1 Å². The molecule has 1 aromatic carbocycles. The number of unbranched alkanes of at least 4 members (excludes halogenated alkanes) is 1. The van der Waals surface area contributed by atoms with Gasteiger partial charge < -0.3 is 14.2 Å². The Kier molecular flexibility index (Phi) is 9.79. The van der Waals surface area contributed by atoms with Crippen molar-refractivity contribution in [1.82, 2.24) is 0 Å². The van der Waals surface area contributed by atoms with E-state index in [0.29, 0.717) is 31.5 Å². The highest BCUT2D eigenvalue weighted by atomic mass is 19.2. The van der Waals surface area contributed by atoms with Crippen molar-refractivity contribution >= 4 is 0 Å². The molecule has 2 aliphatic rings. The smallest absolute Gasteiger partial charge is 0.200 e. The topological polar surface area (TPSA) is 27.7 Å². The van der Waals surface area contributed by atoms with Gasteiger partial charge in [0.15, 0.2) is 11.6 Å². The van der Waals surface area contributed by atoms with Crippen LogP contribution < -0.4 is 4.74 Å². The van der Waals surface area contributed by atoms with Crippen LogP contribution in [0.5, 0.6) is 5.75 Å². The number of benzene rings is 1. The van der Waals surface area contributed by atoms with Gasteiger partial charge in [0.25, 0.3) is 0 Å². The predicted molar refractivity (Wildman–Crippen MR) is 120 cm³/mol. The number of hydrogen-bond acceptors (Lipinski definition) is 3. The summed E-state index contributed by atoms with van der Waals surface area (Å²) >= 11 is 0. The molecule has 5 heteroatoms. The van der Waals surface area contributed by atoms with Gasteiger partial charge in [-0.2, -0.15) is 4.39 Å². The summed E-state index contributed by atoms with van der Waals surface area (Å²) in [5, 5.41) is 0. The second-order valence-corrected chi connectivity index (χ2v) is 9.05. The monoisotopic (exact) mass is 436 g/mol. The fourth-order valence-corrected chi connectivity index (χ4v) is 4.67. The van der Waals surface area contributed by atoms with Gasteiger partial charge in [0, 0.05) is 5.92 Å². The first-order chi connectivity index (χ1) is 15.1. The summed E-state index contributed by atoms with van der Waals surface area (Å²) in [4.78, 5) is 0. The van der Waals surface area contributed by atoms with E-state index in [2.05, 4.69) is 6.58 Å². The molecular weight excluding hydrogens is 398 g/mol. The molecule has 3 rings (SSSR count). The first kappa shape index (κ1) is 24.2. The van der Waals surface area contributed by atoms with E-state index >= 15 is 0 Å². The third kappa shape index (κ3) is 7.01. The third-order valence-electron chi connectivity index (χ3n) is 6.73. The highest BCUT2D eigenvalue weighted by Crippen LogP contribution is 2.34. The lowest BCUT2D eigenvalue weighted by Gasteiger charge is -2.32. The molecule has 31 heavy (non-hydrogen) atoms. The lowest BCUT2D eigenvalue weighted by atomic mass is 9.84. The molecule has 2 atom stereocenters. The van der Waals surface area contributed by atoms with Gasteiger partial charge in [-0.1, -0.05) is 25.5 Å². The summed E-state index contributed by atoms with van der Waals surface area (Å²) in [6, 6.07) is 3.19. The second kappa shape index (κ2) is 12.5. The maximum Gasteiger partial charge on any atom is 0.200 e. The Morgan fingerprint density at radius 1 is 1.10 bits per heavy atom. The Labute approximate surface area is 186 Å². The molecule has 0 aromatic heterocycles. The van der Waals surface area contributed by atoms with E-state index in [1.807, 2.05) is 13.0 Å². The van der Waals surface area contributed by atoms with Gasteiger partial charge in [-0.3, -0.25) is 0 Å². The fraction of sp³-hybridized carbons (Fsp3) is 0.692. The minimum atomic E-state index is -0.886. The molecule has 0 radical (unpaired) electrons. The Bertz CT molecular complexity index is 677. The minimum Gasteiger partial charge on any atom is -0.490 e. The van der Waals surface area contributed by atoms with Crippen LogP contribution in [0.4, 0.5) is 8.78 Å². The minimum absolute atomic E-state index is 0.00285. The average Bonchev–Trinajstić information content (AvgIpc) is 2.80. The summed E-state index contributed by atoms with van der Waals surface area (Å²) in [5.74, 6) is -1.01. The van der Waals surface area contributed by atoms with Crippen LogP contribution in [0.15, 0.2) is 24.8 Å². The molecule has 0 N–H and O–H groups in total. The zero-order valence-corrected chi connectivity index (χ0v) is 18.9. The van der Waals surface area contributed by atoms with Crippen LogP contribution in [0, 0.1) is 17.6 Å². The molecule has 1 saturated carbocycles. The van der Waals surface area contributed by atoms with Crippen molar-refractivity contribution < 1.29 is 23.0 Å². The summed E-state index contributed by atoms with van der Waals surface area (Å²) in [5.41, 5.74) is 0.387. The van der Waals surface area contributed by atoms with Gasteiger partial charge in [-0.05, 0) is 75.3 Å². The highest BCUT2D eigenvalue weighted by Gasteiger charge is 2.28. The van der Waals surface area contributed by atoms with Gasteiger partial charge in [-0.25, -0.2) is 4.39 Å². The first-order valence-electron chi connectivity index (χ1n) is 12.1. The SMILES string of the molecule is C=CCCC1CCC(OCC2CCC(c3ccc(OCCCC)c(F)c3F)CO2)CC1. The number of hydrogen-bond donors (Lipinski definition) is 0. The van der Waals surface area contributed by atoms with E-state index in [9.17, 15) is 8.78 Å². The second-order valence-electron chi connectivity index (χ2n) is 9.05. The zero-order valence-electron chi connectivity index (χ0n) is 18.9. The van der Waals surface area contributed by atoms with Crippen LogP contribution >= 0.6 is 0 Å². The molecule has 1 heterocycles. The van der Waals surface area contributed by atoms with Crippen molar-refractivity contribution in [2.24, 2.45) is 5.92 Å². The lowest BCUT2D eigenvalue weighted by molar-refractivity contribution is -0.0780.